The van der Waals surface area contributed by atoms with E-state index in [1.54, 1.807) is 19.1 Å². The summed E-state index contributed by atoms with van der Waals surface area (Å²) in [6.07, 6.45) is 0. The van der Waals surface area contributed by atoms with Crippen molar-refractivity contribution in [1.82, 2.24) is 15.8 Å². The number of nitrogens with zero attached hydrogens (tertiary/aromatic N) is 1. The van der Waals surface area contributed by atoms with Gasteiger partial charge in [0.1, 0.15) is 5.92 Å². The minimum absolute atomic E-state index is 0.0978. The Kier molecular flexibility index (Phi) is 3.70. The first-order valence-corrected chi connectivity index (χ1v) is 5.31. The highest BCUT2D eigenvalue weighted by atomic mass is 16.2. The van der Waals surface area contributed by atoms with Crippen LogP contribution in [0.25, 0.3) is 0 Å². The van der Waals surface area contributed by atoms with Crippen molar-refractivity contribution >= 4 is 11.7 Å². The normalized spacial score (nSPS) is 25.1. The highest BCUT2D eigenvalue weighted by Crippen LogP contribution is 2.21. The summed E-state index contributed by atoms with van der Waals surface area (Å²) in [7, 11) is 3.56. The highest BCUT2D eigenvalue weighted by molar-refractivity contribution is 6.12. The van der Waals surface area contributed by atoms with E-state index in [0.29, 0.717) is 5.70 Å². The summed E-state index contributed by atoms with van der Waals surface area (Å²) < 4.78 is 0. The van der Waals surface area contributed by atoms with Crippen LogP contribution < -0.4 is 10.7 Å². The lowest BCUT2D eigenvalue weighted by Gasteiger charge is -2.18. The quantitative estimate of drug-likeness (QED) is 0.518. The van der Waals surface area contributed by atoms with Crippen LogP contribution in [0.5, 0.6) is 0 Å². The Bertz CT molecular complexity index is 323. The van der Waals surface area contributed by atoms with Gasteiger partial charge in [0.2, 0.25) is 5.91 Å². The van der Waals surface area contributed by atoms with Gasteiger partial charge in [-0.05, 0) is 5.92 Å². The van der Waals surface area contributed by atoms with Gasteiger partial charge >= 0.3 is 0 Å². The Labute approximate surface area is 95.8 Å². The van der Waals surface area contributed by atoms with Gasteiger partial charge in [0.05, 0.1) is 6.04 Å². The van der Waals surface area contributed by atoms with E-state index >= 15 is 0 Å². The predicted octanol–water partition coefficient (Wildman–Crippen LogP) is -0.0940. The minimum atomic E-state index is -0.769. The number of carbonyl (C=O) groups is 2. The molecule has 0 aromatic carbocycles. The van der Waals surface area contributed by atoms with E-state index in [-0.39, 0.29) is 17.6 Å². The van der Waals surface area contributed by atoms with Crippen molar-refractivity contribution in [2.45, 2.75) is 19.9 Å². The molecule has 1 aliphatic rings. The van der Waals surface area contributed by atoms with E-state index in [2.05, 4.69) is 17.3 Å². The molecule has 1 aliphatic heterocycles. The van der Waals surface area contributed by atoms with Gasteiger partial charge in [-0.25, -0.2) is 5.01 Å². The van der Waals surface area contributed by atoms with Gasteiger partial charge < -0.3 is 10.7 Å². The zero-order chi connectivity index (χ0) is 12.5. The Morgan fingerprint density at radius 1 is 1.44 bits per heavy atom. The average molecular weight is 225 g/mol. The van der Waals surface area contributed by atoms with Gasteiger partial charge in [0.25, 0.3) is 0 Å². The third kappa shape index (κ3) is 2.41. The Morgan fingerprint density at radius 2 is 2.00 bits per heavy atom. The lowest BCUT2D eigenvalue weighted by Crippen LogP contribution is -2.36. The molecule has 0 aromatic heterocycles. The molecule has 5 nitrogen and oxygen atoms in total. The molecule has 1 saturated heterocycles. The van der Waals surface area contributed by atoms with Crippen molar-refractivity contribution in [1.29, 1.82) is 0 Å². The fraction of sp³-hybridized carbons (Fsp3) is 0.636. The molecule has 0 unspecified atom stereocenters. The summed E-state index contributed by atoms with van der Waals surface area (Å²) in [5.41, 5.74) is 3.29. The van der Waals surface area contributed by atoms with Crippen LogP contribution in [0, 0.1) is 11.8 Å². The first-order valence-electron chi connectivity index (χ1n) is 5.31. The molecule has 0 aromatic rings. The Balaban J connectivity index is 2.79. The number of rotatable bonds is 4. The van der Waals surface area contributed by atoms with Crippen LogP contribution in [-0.2, 0) is 9.59 Å². The summed E-state index contributed by atoms with van der Waals surface area (Å²) >= 11 is 0. The number of hydrogen-bond donors (Lipinski definition) is 2. The molecule has 1 fully saturated rings. The van der Waals surface area contributed by atoms with Crippen LogP contribution in [0.15, 0.2) is 12.3 Å². The van der Waals surface area contributed by atoms with Crippen molar-refractivity contribution in [2.24, 2.45) is 11.8 Å². The summed E-state index contributed by atoms with van der Waals surface area (Å²) in [4.78, 5) is 23.6. The van der Waals surface area contributed by atoms with Crippen LogP contribution in [0.2, 0.25) is 0 Å². The highest BCUT2D eigenvalue weighted by Gasteiger charge is 2.43. The Hall–Kier alpha value is -1.36. The number of Topliss-reactive ketones (excluding diaryl/α,β-unsaturated/α-hetero) is 1. The minimum Gasteiger partial charge on any atom is -0.345 e. The van der Waals surface area contributed by atoms with Crippen LogP contribution in [0.1, 0.15) is 13.8 Å². The summed E-state index contributed by atoms with van der Waals surface area (Å²) in [6.45, 7) is 7.56. The standard InChI is InChI=1S/C11H19N3O2/c1-6(2)9-10(15)8(11(16)12-9)7(3)13-14(4)5/h6,8-9,13H,3H2,1-2,4-5H3,(H,12,16)/t8-,9-/m1/s1. The first kappa shape index (κ1) is 12.7. The SMILES string of the molecule is C=C(NN(C)C)[C@H]1C(=O)N[C@H](C(C)C)C1=O. The molecule has 90 valence electrons. The summed E-state index contributed by atoms with van der Waals surface area (Å²) in [5.74, 6) is -1.02. The zero-order valence-corrected chi connectivity index (χ0v) is 10.2. The third-order valence-corrected chi connectivity index (χ3v) is 2.53. The first-order chi connectivity index (χ1) is 7.34. The molecule has 0 aliphatic carbocycles. The van der Waals surface area contributed by atoms with Crippen molar-refractivity contribution < 1.29 is 9.59 Å². The molecule has 0 spiro atoms. The van der Waals surface area contributed by atoms with Gasteiger partial charge in [-0.1, -0.05) is 20.4 Å². The molecule has 5 heteroatoms. The molecule has 1 amide bonds. The second-order valence-corrected chi connectivity index (χ2v) is 4.60. The average Bonchev–Trinajstić information content (AvgIpc) is 2.40. The monoisotopic (exact) mass is 225 g/mol. The van der Waals surface area contributed by atoms with Crippen LogP contribution in [-0.4, -0.2) is 36.8 Å². The fourth-order valence-electron chi connectivity index (χ4n) is 1.79. The van der Waals surface area contributed by atoms with Gasteiger partial charge in [-0.3, -0.25) is 9.59 Å². The van der Waals surface area contributed by atoms with E-state index in [0.717, 1.165) is 0 Å². The van der Waals surface area contributed by atoms with Crippen molar-refractivity contribution in [2.75, 3.05) is 14.1 Å². The maximum absolute atomic E-state index is 12.0. The largest absolute Gasteiger partial charge is 0.345 e. The molecule has 2 atom stereocenters. The maximum atomic E-state index is 12.0. The van der Waals surface area contributed by atoms with E-state index in [9.17, 15) is 9.59 Å². The maximum Gasteiger partial charge on any atom is 0.237 e. The van der Waals surface area contributed by atoms with Crippen molar-refractivity contribution in [3.8, 4) is 0 Å². The number of nitrogens with one attached hydrogen (secondary N) is 2. The lowest BCUT2D eigenvalue weighted by atomic mass is 9.94. The van der Waals surface area contributed by atoms with E-state index in [1.165, 1.54) is 0 Å². The molecular formula is C11H19N3O2. The molecule has 2 N–H and O–H groups in total. The van der Waals surface area contributed by atoms with E-state index in [4.69, 9.17) is 0 Å². The van der Waals surface area contributed by atoms with E-state index < -0.39 is 12.0 Å². The summed E-state index contributed by atoms with van der Waals surface area (Å²) in [5, 5.41) is 4.36. The van der Waals surface area contributed by atoms with Crippen molar-refractivity contribution in [3.63, 3.8) is 0 Å². The van der Waals surface area contributed by atoms with Gasteiger partial charge in [-0.2, -0.15) is 0 Å². The van der Waals surface area contributed by atoms with Crippen molar-refractivity contribution in [3.05, 3.63) is 12.3 Å². The molecule has 1 rings (SSSR count). The summed E-state index contributed by atoms with van der Waals surface area (Å²) in [6, 6.07) is -0.391. The molecule has 16 heavy (non-hydrogen) atoms. The molecule has 1 heterocycles. The smallest absolute Gasteiger partial charge is 0.237 e. The number of amides is 1. The number of hydrogen-bond acceptors (Lipinski definition) is 4. The van der Waals surface area contributed by atoms with Gasteiger partial charge in [0, 0.05) is 19.8 Å². The second-order valence-electron chi connectivity index (χ2n) is 4.60. The molecule has 0 saturated carbocycles. The third-order valence-electron chi connectivity index (χ3n) is 2.53. The number of hydrazine groups is 1. The van der Waals surface area contributed by atoms with Gasteiger partial charge in [-0.15, -0.1) is 0 Å². The molecular weight excluding hydrogens is 206 g/mol. The second kappa shape index (κ2) is 4.65. The number of carbonyl (C=O) groups excluding carboxylic acids is 2. The van der Waals surface area contributed by atoms with Crippen LogP contribution >= 0.6 is 0 Å². The predicted molar refractivity (Wildman–Crippen MR) is 61.2 cm³/mol. The van der Waals surface area contributed by atoms with E-state index in [1.807, 2.05) is 13.8 Å². The van der Waals surface area contributed by atoms with Crippen LogP contribution in [0.4, 0.5) is 0 Å². The molecule has 0 bridgehead atoms. The fourth-order valence-corrected chi connectivity index (χ4v) is 1.79. The zero-order valence-electron chi connectivity index (χ0n) is 10.2. The van der Waals surface area contributed by atoms with Crippen LogP contribution in [0.3, 0.4) is 0 Å². The topological polar surface area (TPSA) is 61.4 Å². The molecule has 0 radical (unpaired) electrons. The van der Waals surface area contributed by atoms with Gasteiger partial charge in [0.15, 0.2) is 5.78 Å². The Morgan fingerprint density at radius 3 is 2.38 bits per heavy atom. The number of ketones is 1. The lowest BCUT2D eigenvalue weighted by molar-refractivity contribution is -0.126.